The molecule has 0 unspecified atom stereocenters. The van der Waals surface area contributed by atoms with Crippen LogP contribution in [0.5, 0.6) is 0 Å². The summed E-state index contributed by atoms with van der Waals surface area (Å²) in [7, 11) is 4.23. The van der Waals surface area contributed by atoms with Gasteiger partial charge in [0.1, 0.15) is 0 Å². The molecule has 0 fully saturated rings. The monoisotopic (exact) mass is 263 g/mol. The third-order valence-electron chi connectivity index (χ3n) is 2.59. The predicted octanol–water partition coefficient (Wildman–Crippen LogP) is 4.19. The number of hydrogen-bond acceptors (Lipinski definition) is 3. The summed E-state index contributed by atoms with van der Waals surface area (Å²) in [6, 6.07) is 4.40. The largest absolute Gasteiger partial charge is 0.309 e. The van der Waals surface area contributed by atoms with Crippen LogP contribution in [-0.4, -0.2) is 25.5 Å². The van der Waals surface area contributed by atoms with Crippen molar-refractivity contribution >= 4 is 28.2 Å². The minimum absolute atomic E-state index is 1.09. The van der Waals surface area contributed by atoms with Crippen molar-refractivity contribution in [2.24, 2.45) is 0 Å². The molecule has 0 saturated carbocycles. The van der Waals surface area contributed by atoms with Gasteiger partial charge in [0, 0.05) is 6.54 Å². The Hall–Kier alpha value is -0.900. The van der Waals surface area contributed by atoms with Crippen molar-refractivity contribution < 1.29 is 0 Å². The lowest BCUT2D eigenvalue weighted by molar-refractivity contribution is 0.417. The maximum Gasteiger partial charge on any atom is 0.00101 e. The molecule has 3 heteroatoms. The van der Waals surface area contributed by atoms with Crippen LogP contribution >= 0.6 is 22.7 Å². The van der Waals surface area contributed by atoms with Crippen LogP contribution in [-0.2, 0) is 0 Å². The molecule has 0 spiro atoms. The summed E-state index contributed by atoms with van der Waals surface area (Å²) < 4.78 is 0. The highest BCUT2D eigenvalue weighted by atomic mass is 32.1. The summed E-state index contributed by atoms with van der Waals surface area (Å²) in [6.45, 7) is 1.10. The Balaban J connectivity index is 2.19. The van der Waals surface area contributed by atoms with Gasteiger partial charge in [0.2, 0.25) is 0 Å². The molecule has 0 aromatic carbocycles. The van der Waals surface area contributed by atoms with Crippen LogP contribution in [0.2, 0.25) is 0 Å². The smallest absolute Gasteiger partial charge is 0.00101 e. The average Bonchev–Trinajstić information content (AvgIpc) is 2.97. The van der Waals surface area contributed by atoms with Crippen LogP contribution < -0.4 is 0 Å². The summed E-state index contributed by atoms with van der Waals surface area (Å²) in [5.41, 5.74) is 4.05. The Bertz CT molecular complexity index is 416. The van der Waals surface area contributed by atoms with E-state index in [0.29, 0.717) is 0 Å². The van der Waals surface area contributed by atoms with Crippen LogP contribution in [0.15, 0.2) is 39.7 Å². The SMILES string of the molecule is CN(C)CCC=C(c1ccsc1)c1ccsc1. The molecule has 90 valence electrons. The highest BCUT2D eigenvalue weighted by Crippen LogP contribution is 2.27. The molecule has 2 heterocycles. The van der Waals surface area contributed by atoms with E-state index >= 15 is 0 Å². The zero-order chi connectivity index (χ0) is 12.1. The summed E-state index contributed by atoms with van der Waals surface area (Å²) in [5, 5.41) is 8.72. The summed E-state index contributed by atoms with van der Waals surface area (Å²) in [6.07, 6.45) is 3.44. The molecule has 0 aliphatic carbocycles. The Morgan fingerprint density at radius 1 is 1.12 bits per heavy atom. The van der Waals surface area contributed by atoms with E-state index in [0.717, 1.165) is 13.0 Å². The normalized spacial score (nSPS) is 10.8. The van der Waals surface area contributed by atoms with E-state index < -0.39 is 0 Å². The van der Waals surface area contributed by atoms with Gasteiger partial charge in [0.05, 0.1) is 0 Å². The maximum atomic E-state index is 2.35. The van der Waals surface area contributed by atoms with Crippen molar-refractivity contribution in [1.29, 1.82) is 0 Å². The predicted molar refractivity (Wildman–Crippen MR) is 78.9 cm³/mol. The standard InChI is InChI=1S/C14H17NS2/c1-15(2)7-3-4-14(12-5-8-16-10-12)13-6-9-17-11-13/h4-6,8-11H,3,7H2,1-2H3. The first-order valence-electron chi connectivity index (χ1n) is 5.67. The highest BCUT2D eigenvalue weighted by Gasteiger charge is 2.05. The molecular weight excluding hydrogens is 246 g/mol. The first kappa shape index (κ1) is 12.6. The Morgan fingerprint density at radius 2 is 1.71 bits per heavy atom. The van der Waals surface area contributed by atoms with E-state index in [1.165, 1.54) is 16.7 Å². The third kappa shape index (κ3) is 3.53. The second-order valence-corrected chi connectivity index (χ2v) is 5.79. The van der Waals surface area contributed by atoms with Gasteiger partial charge in [-0.15, -0.1) is 0 Å². The molecule has 0 amide bonds. The topological polar surface area (TPSA) is 3.24 Å². The van der Waals surface area contributed by atoms with Gasteiger partial charge in [0.25, 0.3) is 0 Å². The van der Waals surface area contributed by atoms with Gasteiger partial charge >= 0.3 is 0 Å². The molecule has 2 aromatic heterocycles. The van der Waals surface area contributed by atoms with Gasteiger partial charge in [-0.2, -0.15) is 22.7 Å². The van der Waals surface area contributed by atoms with E-state index in [4.69, 9.17) is 0 Å². The molecule has 0 aliphatic heterocycles. The van der Waals surface area contributed by atoms with Crippen molar-refractivity contribution in [3.63, 3.8) is 0 Å². The van der Waals surface area contributed by atoms with Gasteiger partial charge in [0.15, 0.2) is 0 Å². The lowest BCUT2D eigenvalue weighted by Crippen LogP contribution is -2.12. The second-order valence-electron chi connectivity index (χ2n) is 4.23. The van der Waals surface area contributed by atoms with Crippen molar-refractivity contribution in [1.82, 2.24) is 4.90 Å². The first-order valence-corrected chi connectivity index (χ1v) is 7.56. The average molecular weight is 263 g/mol. The van der Waals surface area contributed by atoms with Gasteiger partial charge in [-0.05, 0) is 70.9 Å². The Morgan fingerprint density at radius 3 is 2.12 bits per heavy atom. The lowest BCUT2D eigenvalue weighted by atomic mass is 10.0. The van der Waals surface area contributed by atoms with Crippen LogP contribution in [0.25, 0.3) is 5.57 Å². The minimum atomic E-state index is 1.09. The highest BCUT2D eigenvalue weighted by molar-refractivity contribution is 7.08. The molecule has 2 rings (SSSR count). The zero-order valence-corrected chi connectivity index (χ0v) is 11.9. The van der Waals surface area contributed by atoms with Crippen molar-refractivity contribution in [3.05, 3.63) is 50.9 Å². The Labute approximate surface area is 111 Å². The molecule has 0 aliphatic rings. The zero-order valence-electron chi connectivity index (χ0n) is 10.2. The molecule has 2 aromatic rings. The maximum absolute atomic E-state index is 2.35. The van der Waals surface area contributed by atoms with Crippen molar-refractivity contribution in [3.8, 4) is 0 Å². The van der Waals surface area contributed by atoms with Crippen molar-refractivity contribution in [2.75, 3.05) is 20.6 Å². The van der Waals surface area contributed by atoms with E-state index in [9.17, 15) is 0 Å². The van der Waals surface area contributed by atoms with E-state index in [-0.39, 0.29) is 0 Å². The van der Waals surface area contributed by atoms with Gasteiger partial charge in [-0.25, -0.2) is 0 Å². The third-order valence-corrected chi connectivity index (χ3v) is 3.96. The van der Waals surface area contributed by atoms with E-state index in [1.807, 2.05) is 0 Å². The quantitative estimate of drug-likeness (QED) is 0.781. The van der Waals surface area contributed by atoms with Gasteiger partial charge < -0.3 is 4.90 Å². The van der Waals surface area contributed by atoms with Crippen LogP contribution in [0.4, 0.5) is 0 Å². The second kappa shape index (κ2) is 6.15. The Kier molecular flexibility index (Phi) is 4.54. The molecule has 0 bridgehead atoms. The number of nitrogens with zero attached hydrogens (tertiary/aromatic N) is 1. The molecule has 17 heavy (non-hydrogen) atoms. The molecule has 0 saturated heterocycles. The summed E-state index contributed by atoms with van der Waals surface area (Å²) in [5.74, 6) is 0. The fraction of sp³-hybridized carbons (Fsp3) is 0.286. The summed E-state index contributed by atoms with van der Waals surface area (Å²) in [4.78, 5) is 2.22. The number of thiophene rings is 2. The van der Waals surface area contributed by atoms with E-state index in [1.54, 1.807) is 22.7 Å². The first-order chi connectivity index (χ1) is 8.27. The fourth-order valence-corrected chi connectivity index (χ4v) is 3.02. The number of rotatable bonds is 5. The van der Waals surface area contributed by atoms with Crippen LogP contribution in [0, 0.1) is 0 Å². The molecule has 0 radical (unpaired) electrons. The minimum Gasteiger partial charge on any atom is -0.309 e. The van der Waals surface area contributed by atoms with Gasteiger partial charge in [-0.1, -0.05) is 6.08 Å². The number of hydrogen-bond donors (Lipinski definition) is 0. The molecule has 1 nitrogen and oxygen atoms in total. The molecule has 0 atom stereocenters. The van der Waals surface area contributed by atoms with Crippen LogP contribution in [0.3, 0.4) is 0 Å². The molecular formula is C14H17NS2. The summed E-state index contributed by atoms with van der Waals surface area (Å²) >= 11 is 3.51. The lowest BCUT2D eigenvalue weighted by Gasteiger charge is -2.08. The fourth-order valence-electron chi connectivity index (χ4n) is 1.70. The van der Waals surface area contributed by atoms with Crippen LogP contribution in [0.1, 0.15) is 17.5 Å². The van der Waals surface area contributed by atoms with Crippen molar-refractivity contribution in [2.45, 2.75) is 6.42 Å². The van der Waals surface area contributed by atoms with Gasteiger partial charge in [-0.3, -0.25) is 0 Å². The molecule has 0 N–H and O–H groups in total. The van der Waals surface area contributed by atoms with E-state index in [2.05, 4.69) is 58.7 Å².